The summed E-state index contributed by atoms with van der Waals surface area (Å²) in [5.41, 5.74) is -3.89. The van der Waals surface area contributed by atoms with Crippen LogP contribution >= 0.6 is 0 Å². The molecule has 0 bridgehead atoms. The zero-order valence-corrected chi connectivity index (χ0v) is 35.7. The van der Waals surface area contributed by atoms with Crippen molar-refractivity contribution in [2.24, 2.45) is 0 Å². The lowest BCUT2D eigenvalue weighted by Gasteiger charge is -2.30. The van der Waals surface area contributed by atoms with Crippen molar-refractivity contribution in [3.05, 3.63) is 215 Å². The average molecular weight is 947 g/mol. The number of nitriles is 2. The van der Waals surface area contributed by atoms with Crippen LogP contribution in [-0.2, 0) is 12.4 Å². The maximum atomic E-state index is 16.8. The smallest absolute Gasteiger partial charge is 0.307 e. The molecule has 0 aromatic heterocycles. The van der Waals surface area contributed by atoms with Gasteiger partial charge in [-0.3, -0.25) is 0 Å². The first-order valence-electron chi connectivity index (χ1n) is 21.2. The summed E-state index contributed by atoms with van der Waals surface area (Å²) in [5.74, 6) is -4.46. The maximum Gasteiger partial charge on any atom is 0.417 e. The lowest BCUT2D eigenvalue weighted by atomic mass is 9.91. The van der Waals surface area contributed by atoms with Crippen LogP contribution in [-0.4, -0.2) is 0 Å². The van der Waals surface area contributed by atoms with Gasteiger partial charge in [0.25, 0.3) is 0 Å². The molecule has 0 saturated carbocycles. The summed E-state index contributed by atoms with van der Waals surface area (Å²) in [5, 5.41) is 22.6. The Morgan fingerprint density at radius 1 is 0.357 bits per heavy atom. The highest BCUT2D eigenvalue weighted by molar-refractivity contribution is 6.28. The van der Waals surface area contributed by atoms with Crippen molar-refractivity contribution in [3.8, 4) is 34.4 Å². The van der Waals surface area contributed by atoms with Crippen molar-refractivity contribution in [2.45, 2.75) is 12.4 Å². The highest BCUT2D eigenvalue weighted by Crippen LogP contribution is 2.50. The summed E-state index contributed by atoms with van der Waals surface area (Å²) in [6, 6.07) is 41.3. The summed E-state index contributed by atoms with van der Waals surface area (Å²) >= 11 is 0. The van der Waals surface area contributed by atoms with E-state index in [1.807, 2.05) is 12.1 Å². The molecule has 0 unspecified atom stereocenters. The van der Waals surface area contributed by atoms with Gasteiger partial charge in [-0.2, -0.15) is 36.9 Å². The molecule has 10 aromatic rings. The van der Waals surface area contributed by atoms with Gasteiger partial charge >= 0.3 is 12.4 Å². The number of halogens is 10. The van der Waals surface area contributed by atoms with Crippen molar-refractivity contribution >= 4 is 66.4 Å². The van der Waals surface area contributed by atoms with E-state index in [-0.39, 0.29) is 45.3 Å². The average Bonchev–Trinajstić information content (AvgIpc) is 3.35. The van der Waals surface area contributed by atoms with Crippen LogP contribution < -0.4 is 9.80 Å². The summed E-state index contributed by atoms with van der Waals surface area (Å²) in [4.78, 5) is 2.76. The van der Waals surface area contributed by atoms with Gasteiger partial charge in [-0.1, -0.05) is 72.8 Å². The second-order valence-electron chi connectivity index (χ2n) is 16.2. The number of hydrogen-bond acceptors (Lipinski definition) is 4. The molecule has 0 N–H and O–H groups in total. The first-order valence-corrected chi connectivity index (χ1v) is 21.2. The van der Waals surface area contributed by atoms with Crippen LogP contribution in [0.3, 0.4) is 0 Å². The molecular formula is C56H28F10N4. The molecule has 0 spiro atoms. The lowest BCUT2D eigenvalue weighted by Crippen LogP contribution is -2.14. The van der Waals surface area contributed by atoms with E-state index in [9.17, 15) is 36.9 Å². The monoisotopic (exact) mass is 946 g/mol. The van der Waals surface area contributed by atoms with Crippen LogP contribution in [0.25, 0.3) is 54.6 Å². The Balaban J connectivity index is 1.19. The van der Waals surface area contributed by atoms with Gasteiger partial charge in [0.05, 0.1) is 57.1 Å². The van der Waals surface area contributed by atoms with Crippen LogP contribution in [0.1, 0.15) is 22.3 Å². The minimum absolute atomic E-state index is 0.251. The Bertz CT molecular complexity index is 3530. The molecule has 0 fully saturated rings. The predicted octanol–water partition coefficient (Wildman–Crippen LogP) is 17.2. The topological polar surface area (TPSA) is 54.1 Å². The number of alkyl halides is 6. The zero-order valence-electron chi connectivity index (χ0n) is 35.7. The number of rotatable bonds is 8. The van der Waals surface area contributed by atoms with Gasteiger partial charge in [-0.25, -0.2) is 17.6 Å². The largest absolute Gasteiger partial charge is 0.417 e. The van der Waals surface area contributed by atoms with E-state index in [0.29, 0.717) is 44.5 Å². The number of hydrogen-bond donors (Lipinski definition) is 0. The SMILES string of the molecule is N#Cc1ccc(N(c2cc(F)c(-c3ccccc3C(F)(F)F)cc2F)c2ccc3ccc4c(N(c5ccc(C#N)cc5)c5cc(F)c(-c6ccccc6C(F)(F)F)cc5F)ccc5ccc2c3c54)cc1. The predicted molar refractivity (Wildman–Crippen MR) is 250 cm³/mol. The van der Waals surface area contributed by atoms with Crippen LogP contribution in [0.2, 0.25) is 0 Å². The summed E-state index contributed by atoms with van der Waals surface area (Å²) in [7, 11) is 0. The van der Waals surface area contributed by atoms with Gasteiger partial charge in [0, 0.05) is 45.4 Å². The minimum atomic E-state index is -4.88. The normalized spacial score (nSPS) is 11.8. The fourth-order valence-electron chi connectivity index (χ4n) is 9.10. The fourth-order valence-corrected chi connectivity index (χ4v) is 9.10. The molecule has 10 aromatic carbocycles. The minimum Gasteiger partial charge on any atom is -0.307 e. The first-order chi connectivity index (χ1) is 33.5. The third-order valence-corrected chi connectivity index (χ3v) is 12.2. The van der Waals surface area contributed by atoms with Gasteiger partial charge in [0.2, 0.25) is 0 Å². The molecule has 0 radical (unpaired) electrons. The van der Waals surface area contributed by atoms with Crippen LogP contribution in [0, 0.1) is 45.9 Å². The number of nitrogens with zero attached hydrogens (tertiary/aromatic N) is 4. The van der Waals surface area contributed by atoms with Crippen molar-refractivity contribution in [1.29, 1.82) is 10.5 Å². The van der Waals surface area contributed by atoms with Crippen LogP contribution in [0.15, 0.2) is 170 Å². The van der Waals surface area contributed by atoms with Crippen molar-refractivity contribution in [3.63, 3.8) is 0 Å². The van der Waals surface area contributed by atoms with Gasteiger partial charge in [-0.15, -0.1) is 0 Å². The second-order valence-corrected chi connectivity index (χ2v) is 16.2. The third kappa shape index (κ3) is 7.69. The molecule has 0 aliphatic heterocycles. The molecule has 0 atom stereocenters. The van der Waals surface area contributed by atoms with Gasteiger partial charge in [0.1, 0.15) is 23.3 Å². The van der Waals surface area contributed by atoms with Gasteiger partial charge < -0.3 is 9.80 Å². The Labute approximate surface area is 391 Å². The second kappa shape index (κ2) is 17.0. The third-order valence-electron chi connectivity index (χ3n) is 12.2. The molecule has 0 aliphatic rings. The van der Waals surface area contributed by atoms with Crippen molar-refractivity contribution in [1.82, 2.24) is 0 Å². The van der Waals surface area contributed by atoms with E-state index < -0.39 is 69.0 Å². The molecule has 0 heterocycles. The van der Waals surface area contributed by atoms with Crippen LogP contribution in [0.5, 0.6) is 0 Å². The lowest BCUT2D eigenvalue weighted by molar-refractivity contribution is -0.137. The van der Waals surface area contributed by atoms with E-state index >= 15 is 17.6 Å². The first kappa shape index (κ1) is 44.9. The molecule has 342 valence electrons. The Morgan fingerprint density at radius 3 is 1.07 bits per heavy atom. The van der Waals surface area contributed by atoms with Crippen LogP contribution in [0.4, 0.5) is 78.0 Å². The molecular weight excluding hydrogens is 919 g/mol. The Kier molecular flexibility index (Phi) is 10.9. The summed E-state index contributed by atoms with van der Waals surface area (Å²) in [6.45, 7) is 0. The molecule has 14 heteroatoms. The zero-order chi connectivity index (χ0) is 49.2. The fraction of sp³-hybridized carbons (Fsp3) is 0.0357. The standard InChI is InChI=1S/C56H28F10N4/c57-45-27-51(47(59)25-41(45)37-5-1-3-7-43(37)55(61,62)63)69(35-17-9-31(29-67)10-18-35)49-23-15-33-14-22-40-50(24-16-34-13-21-39(49)53(33)54(34)40)70(36-19-11-32(30-68)12-20-36)52-28-46(58)42(26-48(52)60)38-6-2-4-8-44(38)56(64,65)66/h1-28H. The van der Waals surface area contributed by atoms with Crippen molar-refractivity contribution < 1.29 is 43.9 Å². The molecule has 0 amide bonds. The molecule has 0 saturated heterocycles. The molecule has 70 heavy (non-hydrogen) atoms. The van der Waals surface area contributed by atoms with E-state index in [4.69, 9.17) is 0 Å². The quantitative estimate of drug-likeness (QED) is 0.112. The summed E-state index contributed by atoms with van der Waals surface area (Å²) < 4.78 is 151. The Hall–Kier alpha value is -8.88. The van der Waals surface area contributed by atoms with E-state index in [0.717, 1.165) is 48.5 Å². The number of benzene rings is 10. The molecule has 0 aliphatic carbocycles. The highest BCUT2D eigenvalue weighted by Gasteiger charge is 2.36. The van der Waals surface area contributed by atoms with E-state index in [2.05, 4.69) is 0 Å². The highest BCUT2D eigenvalue weighted by atomic mass is 19.4. The Morgan fingerprint density at radius 2 is 0.714 bits per heavy atom. The maximum absolute atomic E-state index is 16.8. The molecule has 10 rings (SSSR count). The number of anilines is 6. The summed E-state index contributed by atoms with van der Waals surface area (Å²) in [6.07, 6.45) is -9.76. The van der Waals surface area contributed by atoms with Gasteiger partial charge in [-0.05, 0) is 118 Å². The van der Waals surface area contributed by atoms with E-state index in [1.54, 1.807) is 48.5 Å². The van der Waals surface area contributed by atoms with E-state index in [1.165, 1.54) is 70.5 Å². The molecule has 4 nitrogen and oxygen atoms in total. The van der Waals surface area contributed by atoms with Gasteiger partial charge in [0.15, 0.2) is 0 Å². The van der Waals surface area contributed by atoms with Crippen molar-refractivity contribution in [2.75, 3.05) is 9.80 Å².